The van der Waals surface area contributed by atoms with Crippen LogP contribution in [0.1, 0.15) is 49.5 Å². The molecule has 1 fully saturated rings. The monoisotopic (exact) mass is 641 g/mol. The van der Waals surface area contributed by atoms with Crippen molar-refractivity contribution < 1.29 is 43.3 Å². The van der Waals surface area contributed by atoms with E-state index in [4.69, 9.17) is 30.6 Å². The molecule has 14 nitrogen and oxygen atoms in total. The minimum Gasteiger partial charge on any atom is -0.506 e. The van der Waals surface area contributed by atoms with Crippen LogP contribution in [-0.4, -0.2) is 69.6 Å². The van der Waals surface area contributed by atoms with Gasteiger partial charge in [-0.2, -0.15) is 9.97 Å². The predicted octanol–water partition coefficient (Wildman–Crippen LogP) is 3.70. The third-order valence-electron chi connectivity index (χ3n) is 8.06. The van der Waals surface area contributed by atoms with Crippen molar-refractivity contribution in [3.8, 4) is 0 Å². The van der Waals surface area contributed by atoms with Crippen molar-refractivity contribution in [3.63, 3.8) is 0 Å². The summed E-state index contributed by atoms with van der Waals surface area (Å²) < 4.78 is 34.9. The molecule has 2 unspecified atom stereocenters. The molecule has 226 valence electrons. The first-order valence-corrected chi connectivity index (χ1v) is 17.3. The highest BCUT2D eigenvalue weighted by Crippen LogP contribution is 2.56. The van der Waals surface area contributed by atoms with Crippen LogP contribution in [0.15, 0.2) is 42.1 Å². The summed E-state index contributed by atoms with van der Waals surface area (Å²) in [5, 5.41) is 21.2. The van der Waals surface area contributed by atoms with E-state index in [0.717, 1.165) is 32.2 Å². The molecule has 0 saturated heterocycles. The molecule has 42 heavy (non-hydrogen) atoms. The van der Waals surface area contributed by atoms with Crippen molar-refractivity contribution in [1.82, 2.24) is 19.5 Å². The summed E-state index contributed by atoms with van der Waals surface area (Å²) in [5.74, 6) is -1.95. The summed E-state index contributed by atoms with van der Waals surface area (Å²) in [5.41, 5.74) is 3.19. The summed E-state index contributed by atoms with van der Waals surface area (Å²) in [6.07, 6.45) is 4.04. The van der Waals surface area contributed by atoms with Crippen LogP contribution in [0.3, 0.4) is 0 Å². The van der Waals surface area contributed by atoms with E-state index >= 15 is 0 Å². The van der Waals surface area contributed by atoms with Crippen LogP contribution in [0, 0.1) is 0 Å². The Morgan fingerprint density at radius 2 is 1.86 bits per heavy atom. The Balaban J connectivity index is 1.29. The highest BCUT2D eigenvalue weighted by Gasteiger charge is 2.43. The first kappa shape index (κ1) is 29.5. The zero-order valence-electron chi connectivity index (χ0n) is 22.3. The average Bonchev–Trinajstić information content (AvgIpc) is 3.46. The molecule has 0 bridgehead atoms. The maximum atomic E-state index is 12.0. The minimum absolute atomic E-state index is 0.0271. The van der Waals surface area contributed by atoms with Gasteiger partial charge >= 0.3 is 15.2 Å². The number of nitrogens with zero attached hydrogens (tertiary/aromatic N) is 5. The number of hydrogen-bond acceptors (Lipinski definition) is 10. The molecule has 3 atom stereocenters. The number of anilines is 1. The van der Waals surface area contributed by atoms with Gasteiger partial charge in [0.15, 0.2) is 40.5 Å². The lowest BCUT2D eigenvalue weighted by molar-refractivity contribution is -0.0112. The fourth-order valence-corrected chi connectivity index (χ4v) is 8.96. The summed E-state index contributed by atoms with van der Waals surface area (Å²) >= 11 is 6.41. The van der Waals surface area contributed by atoms with E-state index < -0.39 is 45.8 Å². The lowest BCUT2D eigenvalue weighted by atomic mass is 9.66. The van der Waals surface area contributed by atoms with Crippen LogP contribution < -0.4 is 4.90 Å². The van der Waals surface area contributed by atoms with Crippen molar-refractivity contribution in [2.24, 2.45) is 0 Å². The van der Waals surface area contributed by atoms with Crippen LogP contribution in [-0.2, 0) is 30.4 Å². The van der Waals surface area contributed by atoms with Gasteiger partial charge in [-0.1, -0.05) is 43.5 Å². The summed E-state index contributed by atoms with van der Waals surface area (Å²) in [7, 11) is -9.59. The molecule has 1 spiro atoms. The quantitative estimate of drug-likeness (QED) is 0.185. The molecular weight excluding hydrogens is 612 g/mol. The van der Waals surface area contributed by atoms with Gasteiger partial charge in [-0.3, -0.25) is 18.2 Å². The number of aromatic nitrogens is 4. The Labute approximate surface area is 245 Å². The van der Waals surface area contributed by atoms with Gasteiger partial charge < -0.3 is 34.5 Å². The maximum absolute atomic E-state index is 12.0. The topological polar surface area (TPSA) is 201 Å². The third kappa shape index (κ3) is 5.58. The van der Waals surface area contributed by atoms with Crippen molar-refractivity contribution in [2.45, 2.75) is 56.4 Å². The molecule has 1 aromatic carbocycles. The van der Waals surface area contributed by atoms with E-state index in [0.29, 0.717) is 17.9 Å². The summed E-state index contributed by atoms with van der Waals surface area (Å²) in [6.45, 7) is 0.493. The molecule has 1 saturated carbocycles. The molecule has 6 rings (SSSR count). The van der Waals surface area contributed by atoms with E-state index in [1.54, 1.807) is 0 Å². The Bertz CT molecular complexity index is 1650. The number of aliphatic hydroxyl groups excluding tert-OH is 2. The average molecular weight is 642 g/mol. The fraction of sp³-hybridized carbons (Fsp3) is 0.480. The SMILES string of the molecule is O=P(O)(O)CP(=O)(O)OCC1=C(O)C(O)[C@H](n2cnc3c(N4Cc5ccccc5C5(CCCCC5)C4)nc(Cl)nc32)O1. The molecule has 2 aliphatic heterocycles. The Morgan fingerprint density at radius 1 is 1.12 bits per heavy atom. The molecule has 0 radical (unpaired) electrons. The van der Waals surface area contributed by atoms with Gasteiger partial charge in [0, 0.05) is 18.5 Å². The minimum atomic E-state index is -4.86. The van der Waals surface area contributed by atoms with Gasteiger partial charge in [-0.05, 0) is 35.6 Å². The molecular formula is C25H30ClN5O9P2. The van der Waals surface area contributed by atoms with Gasteiger partial charge in [0.05, 0.1) is 0 Å². The number of imidazole rings is 1. The molecule has 3 aromatic rings. The van der Waals surface area contributed by atoms with Crippen LogP contribution in [0.2, 0.25) is 5.28 Å². The van der Waals surface area contributed by atoms with Crippen LogP contribution >= 0.6 is 26.8 Å². The van der Waals surface area contributed by atoms with Crippen molar-refractivity contribution >= 4 is 43.8 Å². The van der Waals surface area contributed by atoms with E-state index in [2.05, 4.69) is 38.1 Å². The summed E-state index contributed by atoms with van der Waals surface area (Å²) in [6, 6.07) is 8.45. The van der Waals surface area contributed by atoms with Crippen LogP contribution in [0.5, 0.6) is 0 Å². The fourth-order valence-electron chi connectivity index (χ4n) is 6.30. The lowest BCUT2D eigenvalue weighted by Crippen LogP contribution is -2.47. The number of rotatable bonds is 7. The van der Waals surface area contributed by atoms with Gasteiger partial charge in [-0.25, -0.2) is 4.98 Å². The Kier molecular flexibility index (Phi) is 7.64. The first-order valence-electron chi connectivity index (χ1n) is 13.4. The van der Waals surface area contributed by atoms with Crippen LogP contribution in [0.4, 0.5) is 5.82 Å². The second-order valence-corrected chi connectivity index (χ2v) is 15.3. The van der Waals surface area contributed by atoms with Crippen molar-refractivity contribution in [3.05, 3.63) is 58.5 Å². The maximum Gasteiger partial charge on any atom is 0.340 e. The van der Waals surface area contributed by atoms with Gasteiger partial charge in [0.1, 0.15) is 12.9 Å². The normalized spacial score (nSPS) is 23.7. The Morgan fingerprint density at radius 3 is 2.60 bits per heavy atom. The van der Waals surface area contributed by atoms with E-state index in [1.165, 1.54) is 28.4 Å². The molecule has 17 heteroatoms. The zero-order valence-corrected chi connectivity index (χ0v) is 24.8. The van der Waals surface area contributed by atoms with Gasteiger partial charge in [-0.15, -0.1) is 0 Å². The molecule has 4 heterocycles. The smallest absolute Gasteiger partial charge is 0.340 e. The second-order valence-electron chi connectivity index (χ2n) is 11.0. The number of aliphatic hydroxyl groups is 2. The zero-order chi connectivity index (χ0) is 29.9. The number of benzene rings is 1. The molecule has 1 aliphatic carbocycles. The molecule has 0 amide bonds. The number of hydrogen-bond donors (Lipinski definition) is 5. The van der Waals surface area contributed by atoms with E-state index in [9.17, 15) is 24.2 Å². The number of ether oxygens (including phenoxy) is 1. The molecule has 3 aliphatic rings. The lowest BCUT2D eigenvalue weighted by Gasteiger charge is -2.47. The largest absolute Gasteiger partial charge is 0.506 e. The highest BCUT2D eigenvalue weighted by atomic mass is 35.5. The van der Waals surface area contributed by atoms with Crippen molar-refractivity contribution in [1.29, 1.82) is 0 Å². The molecule has 2 aromatic heterocycles. The van der Waals surface area contributed by atoms with E-state index in [-0.39, 0.29) is 22.1 Å². The third-order valence-corrected chi connectivity index (χ3v) is 11.7. The second kappa shape index (κ2) is 10.9. The van der Waals surface area contributed by atoms with Crippen LogP contribution in [0.25, 0.3) is 11.2 Å². The number of fused-ring (bicyclic) bond motifs is 3. The standard InChI is InChI=1S/C25H30ClN5O9P2/c26-24-28-21(30-10-15-6-2-3-7-16(15)25(12-30)8-4-1-5-9-25)18-22(29-24)31(13-27-18)23-20(33)19(32)17(40-23)11-39-42(37,38)14-41(34,35)36/h2-3,6-7,13,20,23,32-33H,1,4-5,8-12,14H2,(H,37,38)(H2,34,35,36)/t20?,23-/m1/s1. The Hall–Kier alpha value is -2.54. The number of halogens is 1. The van der Waals surface area contributed by atoms with Gasteiger partial charge in [0.2, 0.25) is 11.5 Å². The highest BCUT2D eigenvalue weighted by molar-refractivity contribution is 7.70. The van der Waals surface area contributed by atoms with E-state index in [1.807, 2.05) is 6.07 Å². The van der Waals surface area contributed by atoms with Gasteiger partial charge in [0.25, 0.3) is 0 Å². The summed E-state index contributed by atoms with van der Waals surface area (Å²) in [4.78, 5) is 43.3. The predicted molar refractivity (Wildman–Crippen MR) is 151 cm³/mol. The molecule has 5 N–H and O–H groups in total. The first-order chi connectivity index (χ1) is 19.9. The van der Waals surface area contributed by atoms with Crippen molar-refractivity contribution in [2.75, 3.05) is 24.0 Å².